The lowest BCUT2D eigenvalue weighted by Gasteiger charge is -2.21. The molecule has 0 aromatic heterocycles. The molecular weight excluding hydrogens is 281 g/mol. The zero-order chi connectivity index (χ0) is 15.3. The van der Waals surface area contributed by atoms with Gasteiger partial charge in [-0.25, -0.2) is 12.8 Å². The monoisotopic (exact) mass is 299 g/mol. The number of benzene rings is 1. The Labute approximate surface area is 119 Å². The van der Waals surface area contributed by atoms with Crippen molar-refractivity contribution in [1.29, 1.82) is 0 Å². The predicted molar refractivity (Wildman–Crippen MR) is 75.1 cm³/mol. The molecule has 4 nitrogen and oxygen atoms in total. The van der Waals surface area contributed by atoms with Crippen LogP contribution in [-0.4, -0.2) is 37.5 Å². The Hall–Kier alpha value is -1.42. The van der Waals surface area contributed by atoms with Crippen molar-refractivity contribution in [3.8, 4) is 11.8 Å². The maximum atomic E-state index is 13.3. The van der Waals surface area contributed by atoms with E-state index in [1.54, 1.807) is 13.8 Å². The number of aliphatic hydroxyl groups is 1. The molecule has 110 valence electrons. The van der Waals surface area contributed by atoms with E-state index < -0.39 is 15.8 Å². The Morgan fingerprint density at radius 1 is 1.40 bits per heavy atom. The molecule has 0 fully saturated rings. The minimum absolute atomic E-state index is 0.0273. The van der Waals surface area contributed by atoms with E-state index in [1.165, 1.54) is 17.4 Å². The zero-order valence-electron chi connectivity index (χ0n) is 11.7. The van der Waals surface area contributed by atoms with E-state index in [-0.39, 0.29) is 29.5 Å². The summed E-state index contributed by atoms with van der Waals surface area (Å²) in [4.78, 5) is -0.0273. The fourth-order valence-electron chi connectivity index (χ4n) is 1.47. The lowest BCUT2D eigenvalue weighted by atomic mass is 10.2. The van der Waals surface area contributed by atoms with Crippen molar-refractivity contribution in [3.05, 3.63) is 29.6 Å². The maximum absolute atomic E-state index is 13.3. The Morgan fingerprint density at radius 2 is 2.05 bits per heavy atom. The molecule has 0 amide bonds. The summed E-state index contributed by atoms with van der Waals surface area (Å²) in [5, 5.41) is 8.69. The first-order valence-corrected chi connectivity index (χ1v) is 7.62. The second-order valence-corrected chi connectivity index (χ2v) is 6.50. The van der Waals surface area contributed by atoms with Gasteiger partial charge in [-0.1, -0.05) is 11.8 Å². The average molecular weight is 299 g/mol. The van der Waals surface area contributed by atoms with Gasteiger partial charge < -0.3 is 5.11 Å². The van der Waals surface area contributed by atoms with Crippen LogP contribution in [0.25, 0.3) is 0 Å². The molecule has 0 aliphatic heterocycles. The van der Waals surface area contributed by atoms with E-state index in [0.29, 0.717) is 0 Å². The van der Waals surface area contributed by atoms with Gasteiger partial charge in [0.2, 0.25) is 10.0 Å². The van der Waals surface area contributed by atoms with E-state index >= 15 is 0 Å². The molecule has 1 aromatic rings. The van der Waals surface area contributed by atoms with Gasteiger partial charge in [0.25, 0.3) is 0 Å². The van der Waals surface area contributed by atoms with Gasteiger partial charge in [0.05, 0.1) is 11.5 Å². The average Bonchev–Trinajstić information content (AvgIpc) is 2.37. The molecule has 0 aliphatic rings. The largest absolute Gasteiger partial charge is 0.395 e. The highest BCUT2D eigenvalue weighted by atomic mass is 32.2. The second-order valence-electron chi connectivity index (χ2n) is 4.53. The minimum atomic E-state index is -3.72. The molecule has 0 saturated carbocycles. The van der Waals surface area contributed by atoms with Crippen molar-refractivity contribution in [2.75, 3.05) is 13.7 Å². The summed E-state index contributed by atoms with van der Waals surface area (Å²) in [6.45, 7) is 3.37. The van der Waals surface area contributed by atoms with E-state index in [1.807, 2.05) is 0 Å². The summed E-state index contributed by atoms with van der Waals surface area (Å²) in [5.41, 5.74) is 0.103. The molecule has 0 spiro atoms. The van der Waals surface area contributed by atoms with Crippen LogP contribution in [0.5, 0.6) is 0 Å². The Kier molecular flexibility index (Phi) is 5.69. The molecule has 0 bridgehead atoms. The number of nitrogens with zero attached hydrogens (tertiary/aromatic N) is 1. The Bertz CT molecular complexity index is 630. The van der Waals surface area contributed by atoms with Crippen LogP contribution in [-0.2, 0) is 10.0 Å². The number of rotatable bonds is 4. The smallest absolute Gasteiger partial charge is 0.244 e. The second kappa shape index (κ2) is 6.84. The third-order valence-corrected chi connectivity index (χ3v) is 4.88. The molecule has 6 heteroatoms. The molecule has 20 heavy (non-hydrogen) atoms. The van der Waals surface area contributed by atoms with Gasteiger partial charge in [-0.15, -0.1) is 0 Å². The van der Waals surface area contributed by atoms with Crippen molar-refractivity contribution >= 4 is 10.0 Å². The summed E-state index contributed by atoms with van der Waals surface area (Å²) < 4.78 is 39.3. The van der Waals surface area contributed by atoms with Crippen LogP contribution in [0.15, 0.2) is 23.1 Å². The summed E-state index contributed by atoms with van der Waals surface area (Å²) in [7, 11) is -2.25. The van der Waals surface area contributed by atoms with Gasteiger partial charge in [0, 0.05) is 25.1 Å². The van der Waals surface area contributed by atoms with E-state index in [4.69, 9.17) is 5.11 Å². The summed E-state index contributed by atoms with van der Waals surface area (Å²) >= 11 is 0. The van der Waals surface area contributed by atoms with Crippen LogP contribution >= 0.6 is 0 Å². The third-order valence-electron chi connectivity index (χ3n) is 2.79. The number of sulfonamides is 1. The van der Waals surface area contributed by atoms with Crippen LogP contribution in [0.4, 0.5) is 4.39 Å². The highest BCUT2D eigenvalue weighted by Crippen LogP contribution is 2.21. The van der Waals surface area contributed by atoms with Gasteiger partial charge >= 0.3 is 0 Å². The number of aliphatic hydroxyl groups excluding tert-OH is 1. The van der Waals surface area contributed by atoms with Crippen molar-refractivity contribution < 1.29 is 17.9 Å². The molecular formula is C14H18FNO3S. The summed E-state index contributed by atoms with van der Waals surface area (Å²) in [5.74, 6) is 4.66. The number of hydrogen-bond donors (Lipinski definition) is 1. The van der Waals surface area contributed by atoms with Gasteiger partial charge in [-0.2, -0.15) is 4.31 Å². The highest BCUT2D eigenvalue weighted by molar-refractivity contribution is 7.89. The predicted octanol–water partition coefficient (Wildman–Crippen LogP) is 1.59. The van der Waals surface area contributed by atoms with Gasteiger partial charge in [-0.3, -0.25) is 0 Å². The SMILES string of the molecule is CC(C)N(C)S(=O)(=O)c1ccc(F)cc1C#CCCO. The lowest BCUT2D eigenvalue weighted by molar-refractivity contribution is 0.305. The highest BCUT2D eigenvalue weighted by Gasteiger charge is 2.25. The van der Waals surface area contributed by atoms with Gasteiger partial charge in [-0.05, 0) is 32.0 Å². The molecule has 0 radical (unpaired) electrons. The fourth-order valence-corrected chi connectivity index (χ4v) is 2.96. The van der Waals surface area contributed by atoms with Gasteiger partial charge in [0.1, 0.15) is 5.82 Å². The molecule has 1 aromatic carbocycles. The van der Waals surface area contributed by atoms with Crippen molar-refractivity contribution in [2.24, 2.45) is 0 Å². The Balaban J connectivity index is 3.35. The van der Waals surface area contributed by atoms with E-state index in [2.05, 4.69) is 11.8 Å². The van der Waals surface area contributed by atoms with Crippen LogP contribution < -0.4 is 0 Å². The molecule has 0 aliphatic carbocycles. The normalized spacial score (nSPS) is 11.6. The zero-order valence-corrected chi connectivity index (χ0v) is 12.5. The first-order valence-electron chi connectivity index (χ1n) is 6.18. The Morgan fingerprint density at radius 3 is 2.60 bits per heavy atom. The molecule has 0 atom stereocenters. The first-order chi connectivity index (χ1) is 9.30. The van der Waals surface area contributed by atoms with Crippen LogP contribution in [0, 0.1) is 17.7 Å². The molecule has 0 heterocycles. The van der Waals surface area contributed by atoms with E-state index in [9.17, 15) is 12.8 Å². The third kappa shape index (κ3) is 3.79. The topological polar surface area (TPSA) is 57.6 Å². The molecule has 0 unspecified atom stereocenters. The standard InChI is InChI=1S/C14H18FNO3S/c1-11(2)16(3)20(18,19)14-8-7-13(15)10-12(14)6-4-5-9-17/h7-8,10-11,17H,5,9H2,1-3H3. The summed E-state index contributed by atoms with van der Waals surface area (Å²) in [6.07, 6.45) is 0.204. The first kappa shape index (κ1) is 16.6. The summed E-state index contributed by atoms with van der Waals surface area (Å²) in [6, 6.07) is 3.18. The number of halogens is 1. The van der Waals surface area contributed by atoms with Crippen molar-refractivity contribution in [1.82, 2.24) is 4.31 Å². The van der Waals surface area contributed by atoms with Crippen molar-refractivity contribution in [3.63, 3.8) is 0 Å². The molecule has 1 N–H and O–H groups in total. The van der Waals surface area contributed by atoms with Crippen molar-refractivity contribution in [2.45, 2.75) is 31.2 Å². The molecule has 1 rings (SSSR count). The quantitative estimate of drug-likeness (QED) is 0.859. The fraction of sp³-hybridized carbons (Fsp3) is 0.429. The lowest BCUT2D eigenvalue weighted by Crippen LogP contribution is -2.33. The molecule has 0 saturated heterocycles. The van der Waals surface area contributed by atoms with E-state index in [0.717, 1.165) is 12.1 Å². The van der Waals surface area contributed by atoms with Crippen LogP contribution in [0.2, 0.25) is 0 Å². The maximum Gasteiger partial charge on any atom is 0.244 e. The van der Waals surface area contributed by atoms with Crippen LogP contribution in [0.3, 0.4) is 0 Å². The van der Waals surface area contributed by atoms with Gasteiger partial charge in [0.15, 0.2) is 0 Å². The minimum Gasteiger partial charge on any atom is -0.395 e. The van der Waals surface area contributed by atoms with Crippen LogP contribution in [0.1, 0.15) is 25.8 Å². The number of hydrogen-bond acceptors (Lipinski definition) is 3.